The lowest BCUT2D eigenvalue weighted by Gasteiger charge is -2.32. The Morgan fingerprint density at radius 2 is 1.81 bits per heavy atom. The molecule has 1 saturated carbocycles. The summed E-state index contributed by atoms with van der Waals surface area (Å²) in [6.07, 6.45) is -1.37. The average molecular weight is 302 g/mol. The monoisotopic (exact) mass is 302 g/mol. The van der Waals surface area contributed by atoms with Crippen LogP contribution in [0.3, 0.4) is 0 Å². The normalized spacial score (nSPS) is 30.7. The van der Waals surface area contributed by atoms with Crippen molar-refractivity contribution in [3.63, 3.8) is 0 Å². The highest BCUT2D eigenvalue weighted by atomic mass is 19.4. The Balaban J connectivity index is 1.69. The lowest BCUT2D eigenvalue weighted by Crippen LogP contribution is -2.41. The second-order valence-electron chi connectivity index (χ2n) is 6.82. The van der Waals surface area contributed by atoms with Crippen molar-refractivity contribution in [3.8, 4) is 0 Å². The Bertz CT molecular complexity index is 540. The van der Waals surface area contributed by atoms with Crippen LogP contribution in [0.2, 0.25) is 5.82 Å². The molecule has 1 aromatic rings. The van der Waals surface area contributed by atoms with E-state index in [-0.39, 0.29) is 23.5 Å². The standard InChI is InChI=1S/C13H18BF3N2O2/c1-11(2)12(3,4)21-14(20-11)10-5-9(10)8-6-18-19(7-8)13(15,16)17/h6-7,9-10H,5H2,1-4H3/t9-,10+/m0/s1. The third-order valence-electron chi connectivity index (χ3n) is 4.75. The first-order chi connectivity index (χ1) is 9.51. The van der Waals surface area contributed by atoms with Crippen molar-refractivity contribution in [1.29, 1.82) is 0 Å². The van der Waals surface area contributed by atoms with Crippen molar-refractivity contribution in [1.82, 2.24) is 9.78 Å². The molecule has 0 spiro atoms. The quantitative estimate of drug-likeness (QED) is 0.786. The van der Waals surface area contributed by atoms with E-state index in [1.165, 1.54) is 6.20 Å². The number of alkyl halides is 3. The van der Waals surface area contributed by atoms with Gasteiger partial charge in [0.25, 0.3) is 0 Å². The number of rotatable bonds is 2. The molecule has 116 valence electrons. The minimum absolute atomic E-state index is 0.0239. The maximum atomic E-state index is 12.5. The molecule has 0 bridgehead atoms. The van der Waals surface area contributed by atoms with Gasteiger partial charge in [-0.25, -0.2) is 0 Å². The Hall–Kier alpha value is -1.02. The van der Waals surface area contributed by atoms with Gasteiger partial charge in [0.05, 0.1) is 17.4 Å². The first-order valence-corrected chi connectivity index (χ1v) is 6.99. The van der Waals surface area contributed by atoms with Crippen molar-refractivity contribution < 1.29 is 22.5 Å². The van der Waals surface area contributed by atoms with E-state index in [1.54, 1.807) is 0 Å². The third kappa shape index (κ3) is 2.48. The summed E-state index contributed by atoms with van der Waals surface area (Å²) >= 11 is 0. The largest absolute Gasteiger partial charge is 0.504 e. The molecule has 0 radical (unpaired) electrons. The molecule has 2 fully saturated rings. The zero-order valence-corrected chi connectivity index (χ0v) is 12.4. The highest BCUT2D eigenvalue weighted by Crippen LogP contribution is 2.58. The molecule has 1 saturated heterocycles. The molecule has 1 aromatic heterocycles. The Morgan fingerprint density at radius 3 is 2.29 bits per heavy atom. The average Bonchev–Trinajstić information content (AvgIpc) is 2.87. The van der Waals surface area contributed by atoms with Crippen LogP contribution in [0.25, 0.3) is 0 Å². The van der Waals surface area contributed by atoms with Gasteiger partial charge in [0.2, 0.25) is 0 Å². The number of halogens is 3. The Labute approximate surface area is 121 Å². The minimum Gasteiger partial charge on any atom is -0.403 e. The summed E-state index contributed by atoms with van der Waals surface area (Å²) in [5.74, 6) is 0.118. The number of aromatic nitrogens is 2. The van der Waals surface area contributed by atoms with Gasteiger partial charge in [-0.1, -0.05) is 0 Å². The maximum absolute atomic E-state index is 12.5. The molecule has 1 aliphatic heterocycles. The molecular weight excluding hydrogens is 284 g/mol. The molecule has 1 aliphatic carbocycles. The van der Waals surface area contributed by atoms with Crippen LogP contribution in [0.5, 0.6) is 0 Å². The van der Waals surface area contributed by atoms with Gasteiger partial charge in [-0.2, -0.15) is 9.78 Å². The zero-order chi connectivity index (χ0) is 15.6. The molecule has 3 rings (SSSR count). The zero-order valence-electron chi connectivity index (χ0n) is 12.4. The molecule has 0 aromatic carbocycles. The van der Waals surface area contributed by atoms with Crippen molar-refractivity contribution in [2.24, 2.45) is 0 Å². The summed E-state index contributed by atoms with van der Waals surface area (Å²) in [5, 5.41) is 3.38. The van der Waals surface area contributed by atoms with E-state index in [2.05, 4.69) is 5.10 Å². The summed E-state index contributed by atoms with van der Waals surface area (Å²) < 4.78 is 49.5. The smallest absolute Gasteiger partial charge is 0.403 e. The molecular formula is C13H18BF3N2O2. The van der Waals surface area contributed by atoms with Crippen LogP contribution < -0.4 is 0 Å². The molecule has 8 heteroatoms. The molecule has 4 nitrogen and oxygen atoms in total. The molecule has 0 N–H and O–H groups in total. The fraction of sp³-hybridized carbons (Fsp3) is 0.769. The predicted molar refractivity (Wildman–Crippen MR) is 70.7 cm³/mol. The predicted octanol–water partition coefficient (Wildman–Crippen LogP) is 3.31. The first-order valence-electron chi connectivity index (χ1n) is 6.99. The second kappa shape index (κ2) is 4.26. The fourth-order valence-electron chi connectivity index (χ4n) is 2.63. The summed E-state index contributed by atoms with van der Waals surface area (Å²) in [6, 6.07) is 0. The first kappa shape index (κ1) is 14.9. The summed E-state index contributed by atoms with van der Waals surface area (Å²) in [5.41, 5.74) is -0.242. The minimum atomic E-state index is -4.47. The van der Waals surface area contributed by atoms with E-state index < -0.39 is 17.5 Å². The van der Waals surface area contributed by atoms with Crippen LogP contribution in [0.15, 0.2) is 12.4 Å². The number of nitrogens with zero attached hydrogens (tertiary/aromatic N) is 2. The van der Waals surface area contributed by atoms with Crippen LogP contribution in [0.1, 0.15) is 45.6 Å². The van der Waals surface area contributed by atoms with Crippen LogP contribution in [-0.4, -0.2) is 28.1 Å². The fourth-order valence-corrected chi connectivity index (χ4v) is 2.63. The Morgan fingerprint density at radius 1 is 1.24 bits per heavy atom. The van der Waals surface area contributed by atoms with Gasteiger partial charge >= 0.3 is 13.4 Å². The van der Waals surface area contributed by atoms with Crippen molar-refractivity contribution >= 4 is 7.12 Å². The molecule has 0 unspecified atom stereocenters. The van der Waals surface area contributed by atoms with Crippen LogP contribution in [0.4, 0.5) is 13.2 Å². The maximum Gasteiger partial charge on any atom is 0.504 e. The lowest BCUT2D eigenvalue weighted by atomic mass is 9.80. The molecule has 2 atom stereocenters. The molecule has 2 aliphatic rings. The summed E-state index contributed by atoms with van der Waals surface area (Å²) in [7, 11) is -0.366. The van der Waals surface area contributed by atoms with Crippen LogP contribution in [-0.2, 0) is 15.6 Å². The van der Waals surface area contributed by atoms with E-state index in [9.17, 15) is 13.2 Å². The van der Waals surface area contributed by atoms with Gasteiger partial charge in [-0.3, -0.25) is 0 Å². The van der Waals surface area contributed by atoms with Gasteiger partial charge in [-0.15, -0.1) is 13.2 Å². The number of hydrogen-bond acceptors (Lipinski definition) is 3. The van der Waals surface area contributed by atoms with Gasteiger partial charge in [0.1, 0.15) is 0 Å². The topological polar surface area (TPSA) is 36.3 Å². The molecule has 21 heavy (non-hydrogen) atoms. The van der Waals surface area contributed by atoms with Gasteiger partial charge in [0, 0.05) is 12.0 Å². The van der Waals surface area contributed by atoms with Crippen molar-refractivity contribution in [2.75, 3.05) is 0 Å². The molecule has 0 amide bonds. The van der Waals surface area contributed by atoms with Crippen molar-refractivity contribution in [3.05, 3.63) is 18.0 Å². The van der Waals surface area contributed by atoms with E-state index in [0.717, 1.165) is 12.6 Å². The van der Waals surface area contributed by atoms with Gasteiger partial charge < -0.3 is 9.31 Å². The van der Waals surface area contributed by atoms with E-state index in [1.807, 2.05) is 27.7 Å². The summed E-state index contributed by atoms with van der Waals surface area (Å²) in [4.78, 5) is 0. The van der Waals surface area contributed by atoms with E-state index in [4.69, 9.17) is 9.31 Å². The summed E-state index contributed by atoms with van der Waals surface area (Å²) in [6.45, 7) is 7.86. The Kier molecular flexibility index (Phi) is 3.02. The van der Waals surface area contributed by atoms with Crippen LogP contribution >= 0.6 is 0 Å². The number of hydrogen-bond donors (Lipinski definition) is 0. The third-order valence-corrected chi connectivity index (χ3v) is 4.75. The van der Waals surface area contributed by atoms with E-state index in [0.29, 0.717) is 5.56 Å². The second-order valence-corrected chi connectivity index (χ2v) is 6.82. The SMILES string of the molecule is CC1(C)OB([C@@H]2C[C@H]2c2cnn(C(F)(F)F)c2)OC1(C)C. The van der Waals surface area contributed by atoms with E-state index >= 15 is 0 Å². The van der Waals surface area contributed by atoms with Crippen LogP contribution in [0, 0.1) is 0 Å². The van der Waals surface area contributed by atoms with Gasteiger partial charge in [-0.05, 0) is 45.6 Å². The molecule has 2 heterocycles. The lowest BCUT2D eigenvalue weighted by molar-refractivity contribution is -0.212. The highest BCUT2D eigenvalue weighted by Gasteiger charge is 2.60. The van der Waals surface area contributed by atoms with Gasteiger partial charge in [0.15, 0.2) is 0 Å². The highest BCUT2D eigenvalue weighted by molar-refractivity contribution is 6.49. The van der Waals surface area contributed by atoms with Crippen molar-refractivity contribution in [2.45, 2.75) is 63.4 Å².